The lowest BCUT2D eigenvalue weighted by molar-refractivity contribution is 0.250. The van der Waals surface area contributed by atoms with Crippen LogP contribution in [-0.2, 0) is 6.54 Å². The van der Waals surface area contributed by atoms with Gasteiger partial charge in [0.1, 0.15) is 11.8 Å². The van der Waals surface area contributed by atoms with E-state index in [4.69, 9.17) is 16.9 Å². The van der Waals surface area contributed by atoms with Crippen LogP contribution in [0.5, 0.6) is 0 Å². The molecule has 22 heavy (non-hydrogen) atoms. The highest BCUT2D eigenvalue weighted by atomic mass is 35.5. The molecule has 1 aliphatic heterocycles. The molecule has 0 N–H and O–H groups in total. The Morgan fingerprint density at radius 2 is 1.95 bits per heavy atom. The van der Waals surface area contributed by atoms with Gasteiger partial charge in [-0.25, -0.2) is 4.98 Å². The first-order chi connectivity index (χ1) is 10.7. The molecule has 1 aromatic heterocycles. The Bertz CT molecular complexity index is 670. The van der Waals surface area contributed by atoms with Crippen molar-refractivity contribution in [1.82, 2.24) is 9.88 Å². The summed E-state index contributed by atoms with van der Waals surface area (Å²) in [4.78, 5) is 8.88. The number of nitrogens with zero attached hydrogens (tertiary/aromatic N) is 4. The van der Waals surface area contributed by atoms with Gasteiger partial charge in [0.05, 0.1) is 11.9 Å². The molecule has 0 unspecified atom stereocenters. The lowest BCUT2D eigenvalue weighted by Crippen LogP contribution is -2.46. The second-order valence-electron chi connectivity index (χ2n) is 5.41. The largest absolute Gasteiger partial charge is 0.368 e. The molecule has 2 heterocycles. The van der Waals surface area contributed by atoms with Gasteiger partial charge >= 0.3 is 0 Å². The van der Waals surface area contributed by atoms with Crippen molar-refractivity contribution in [3.05, 3.63) is 58.9 Å². The first kappa shape index (κ1) is 14.8. The van der Waals surface area contributed by atoms with E-state index in [1.165, 1.54) is 5.56 Å². The normalized spacial score (nSPS) is 15.5. The lowest BCUT2D eigenvalue weighted by atomic mass is 10.2. The van der Waals surface area contributed by atoms with E-state index in [-0.39, 0.29) is 0 Å². The number of aromatic nitrogens is 1. The highest BCUT2D eigenvalue weighted by Crippen LogP contribution is 2.18. The van der Waals surface area contributed by atoms with E-state index in [9.17, 15) is 0 Å². The molecule has 112 valence electrons. The third-order valence-corrected chi connectivity index (χ3v) is 4.13. The number of pyridine rings is 1. The van der Waals surface area contributed by atoms with Crippen LogP contribution in [0.1, 0.15) is 11.3 Å². The van der Waals surface area contributed by atoms with Crippen LogP contribution in [0.2, 0.25) is 5.02 Å². The highest BCUT2D eigenvalue weighted by molar-refractivity contribution is 6.30. The molecule has 1 saturated heterocycles. The van der Waals surface area contributed by atoms with Gasteiger partial charge in [-0.15, -0.1) is 0 Å². The Labute approximate surface area is 135 Å². The quantitative estimate of drug-likeness (QED) is 0.874. The van der Waals surface area contributed by atoms with E-state index in [0.717, 1.165) is 43.4 Å². The zero-order chi connectivity index (χ0) is 15.4. The van der Waals surface area contributed by atoms with Crippen LogP contribution in [0.25, 0.3) is 0 Å². The Morgan fingerprint density at radius 1 is 1.14 bits per heavy atom. The maximum absolute atomic E-state index is 8.79. The molecule has 0 saturated carbocycles. The summed E-state index contributed by atoms with van der Waals surface area (Å²) in [6.45, 7) is 4.88. The van der Waals surface area contributed by atoms with Gasteiger partial charge in [-0.3, -0.25) is 4.90 Å². The van der Waals surface area contributed by atoms with Crippen molar-refractivity contribution in [1.29, 1.82) is 5.26 Å². The first-order valence-corrected chi connectivity index (χ1v) is 7.70. The van der Waals surface area contributed by atoms with Gasteiger partial charge in [-0.05, 0) is 29.8 Å². The topological polar surface area (TPSA) is 43.2 Å². The molecule has 0 spiro atoms. The maximum Gasteiger partial charge on any atom is 0.140 e. The van der Waals surface area contributed by atoms with Gasteiger partial charge in [-0.1, -0.05) is 23.7 Å². The summed E-state index contributed by atoms with van der Waals surface area (Å²) in [5.41, 5.74) is 2.80. The van der Waals surface area contributed by atoms with E-state index in [1.54, 1.807) is 12.3 Å². The standard InChI is InChI=1S/C17H17ClN4/c18-15-3-1-2-14(10-15)13-21-6-8-22(9-7-21)17-5-4-16(11-19)20-12-17/h1-5,10,12H,6-9,13H2. The number of piperazine rings is 1. The van der Waals surface area contributed by atoms with E-state index < -0.39 is 0 Å². The van der Waals surface area contributed by atoms with Crippen molar-refractivity contribution in [2.24, 2.45) is 0 Å². The molecule has 1 aliphatic rings. The molecule has 2 aromatic rings. The van der Waals surface area contributed by atoms with Crippen LogP contribution in [0, 0.1) is 11.3 Å². The molecule has 0 bridgehead atoms. The lowest BCUT2D eigenvalue weighted by Gasteiger charge is -2.36. The molecular formula is C17H17ClN4. The molecule has 1 fully saturated rings. The summed E-state index contributed by atoms with van der Waals surface area (Å²) in [7, 11) is 0. The molecule has 1 aromatic carbocycles. The summed E-state index contributed by atoms with van der Waals surface area (Å²) in [5, 5.41) is 9.58. The second kappa shape index (κ2) is 6.78. The number of rotatable bonds is 3. The predicted octanol–water partition coefficient (Wildman–Crippen LogP) is 2.93. The Kier molecular flexibility index (Phi) is 4.57. The number of benzene rings is 1. The molecule has 0 atom stereocenters. The van der Waals surface area contributed by atoms with Crippen LogP contribution < -0.4 is 4.90 Å². The second-order valence-corrected chi connectivity index (χ2v) is 5.84. The fraction of sp³-hybridized carbons (Fsp3) is 0.294. The van der Waals surface area contributed by atoms with Gasteiger partial charge in [-0.2, -0.15) is 5.26 Å². The zero-order valence-electron chi connectivity index (χ0n) is 12.2. The SMILES string of the molecule is N#Cc1ccc(N2CCN(Cc3cccc(Cl)c3)CC2)cn1. The van der Waals surface area contributed by atoms with Crippen molar-refractivity contribution in [3.63, 3.8) is 0 Å². The summed E-state index contributed by atoms with van der Waals surface area (Å²) in [6.07, 6.45) is 1.78. The number of halogens is 1. The number of hydrogen-bond acceptors (Lipinski definition) is 4. The molecule has 4 nitrogen and oxygen atoms in total. The summed E-state index contributed by atoms with van der Waals surface area (Å²) >= 11 is 6.03. The average molecular weight is 313 g/mol. The molecule has 0 amide bonds. The fourth-order valence-corrected chi connectivity index (χ4v) is 2.91. The number of hydrogen-bond donors (Lipinski definition) is 0. The van der Waals surface area contributed by atoms with Gasteiger partial charge in [0, 0.05) is 37.7 Å². The van der Waals surface area contributed by atoms with Crippen molar-refractivity contribution < 1.29 is 0 Å². The van der Waals surface area contributed by atoms with Crippen molar-refractivity contribution in [2.45, 2.75) is 6.54 Å². The van der Waals surface area contributed by atoms with Gasteiger partial charge in [0.2, 0.25) is 0 Å². The van der Waals surface area contributed by atoms with E-state index in [1.807, 2.05) is 30.3 Å². The fourth-order valence-electron chi connectivity index (χ4n) is 2.70. The first-order valence-electron chi connectivity index (χ1n) is 7.32. The summed E-state index contributed by atoms with van der Waals surface area (Å²) in [6, 6.07) is 13.8. The Hall–Kier alpha value is -2.09. The summed E-state index contributed by atoms with van der Waals surface area (Å²) < 4.78 is 0. The Morgan fingerprint density at radius 3 is 2.59 bits per heavy atom. The highest BCUT2D eigenvalue weighted by Gasteiger charge is 2.17. The molecule has 0 aliphatic carbocycles. The predicted molar refractivity (Wildman–Crippen MR) is 87.9 cm³/mol. The van der Waals surface area contributed by atoms with Crippen LogP contribution in [0.15, 0.2) is 42.6 Å². The molecule has 5 heteroatoms. The maximum atomic E-state index is 8.79. The van der Waals surface area contributed by atoms with Crippen molar-refractivity contribution >= 4 is 17.3 Å². The molecule has 0 radical (unpaired) electrons. The van der Waals surface area contributed by atoms with Crippen LogP contribution in [-0.4, -0.2) is 36.1 Å². The third kappa shape index (κ3) is 3.56. The van der Waals surface area contributed by atoms with E-state index >= 15 is 0 Å². The van der Waals surface area contributed by atoms with Gasteiger partial charge < -0.3 is 4.90 Å². The van der Waals surface area contributed by atoms with Gasteiger partial charge in [0.25, 0.3) is 0 Å². The van der Waals surface area contributed by atoms with Gasteiger partial charge in [0.15, 0.2) is 0 Å². The minimum atomic E-state index is 0.461. The minimum Gasteiger partial charge on any atom is -0.368 e. The molecule has 3 rings (SSSR count). The van der Waals surface area contributed by atoms with Crippen LogP contribution in [0.4, 0.5) is 5.69 Å². The smallest absolute Gasteiger partial charge is 0.140 e. The third-order valence-electron chi connectivity index (χ3n) is 3.90. The van der Waals surface area contributed by atoms with Crippen LogP contribution in [0.3, 0.4) is 0 Å². The van der Waals surface area contributed by atoms with Crippen LogP contribution >= 0.6 is 11.6 Å². The number of anilines is 1. The van der Waals surface area contributed by atoms with Crippen molar-refractivity contribution in [2.75, 3.05) is 31.1 Å². The van der Waals surface area contributed by atoms with Crippen molar-refractivity contribution in [3.8, 4) is 6.07 Å². The monoisotopic (exact) mass is 312 g/mol. The zero-order valence-corrected chi connectivity index (χ0v) is 13.0. The Balaban J connectivity index is 1.57. The summed E-state index contributed by atoms with van der Waals surface area (Å²) in [5.74, 6) is 0. The molecular weight excluding hydrogens is 296 g/mol. The van der Waals surface area contributed by atoms with E-state index in [2.05, 4.69) is 20.9 Å². The average Bonchev–Trinajstić information content (AvgIpc) is 2.56. The minimum absolute atomic E-state index is 0.461. The van der Waals surface area contributed by atoms with E-state index in [0.29, 0.717) is 5.69 Å². The number of nitriles is 1.